The van der Waals surface area contributed by atoms with E-state index in [2.05, 4.69) is 31.9 Å². The van der Waals surface area contributed by atoms with Crippen molar-refractivity contribution >= 4 is 29.1 Å². The number of hydrogen-bond donors (Lipinski definition) is 1. The van der Waals surface area contributed by atoms with Crippen molar-refractivity contribution in [2.75, 3.05) is 49.6 Å². The van der Waals surface area contributed by atoms with Crippen molar-refractivity contribution in [1.82, 2.24) is 9.80 Å². The van der Waals surface area contributed by atoms with Gasteiger partial charge in [0, 0.05) is 44.6 Å². The monoisotopic (exact) mass is 566 g/mol. The highest BCUT2D eigenvalue weighted by Crippen LogP contribution is 2.65. The number of ether oxygens (including phenoxy) is 1. The minimum absolute atomic E-state index is 0.0708. The Morgan fingerprint density at radius 1 is 1.12 bits per heavy atom. The summed E-state index contributed by atoms with van der Waals surface area (Å²) in [6.45, 7) is 19.5. The number of aliphatic hydroxyl groups excluding tert-OH is 1. The largest absolute Gasteiger partial charge is 0.394 e. The van der Waals surface area contributed by atoms with Crippen molar-refractivity contribution in [3.8, 4) is 0 Å². The van der Waals surface area contributed by atoms with E-state index in [-0.39, 0.29) is 36.8 Å². The predicted octanol–water partition coefficient (Wildman–Crippen LogP) is 3.09. The minimum atomic E-state index is -1.19. The molecule has 1 spiro atoms. The summed E-state index contributed by atoms with van der Waals surface area (Å²) in [5.41, 5.74) is -0.365. The zero-order chi connectivity index (χ0) is 30.3. The van der Waals surface area contributed by atoms with Gasteiger partial charge >= 0.3 is 0 Å². The molecule has 224 valence electrons. The van der Waals surface area contributed by atoms with E-state index in [0.29, 0.717) is 18.7 Å². The number of rotatable bonds is 12. The summed E-state index contributed by atoms with van der Waals surface area (Å²) in [5, 5.41) is 10.2. The zero-order valence-corrected chi connectivity index (χ0v) is 25.4. The van der Waals surface area contributed by atoms with Gasteiger partial charge in [-0.25, -0.2) is 0 Å². The lowest BCUT2D eigenvalue weighted by Gasteiger charge is -2.39. The molecule has 4 rings (SSSR count). The number of likely N-dealkylation sites (tertiary alicyclic amines) is 1. The second-order valence-electron chi connectivity index (χ2n) is 11.9. The first-order chi connectivity index (χ1) is 19.5. The molecule has 1 aromatic rings. The van der Waals surface area contributed by atoms with Crippen LogP contribution in [0.3, 0.4) is 0 Å². The third kappa shape index (κ3) is 4.67. The summed E-state index contributed by atoms with van der Waals surface area (Å²) in [6.07, 6.45) is 3.77. The van der Waals surface area contributed by atoms with E-state index in [0.717, 1.165) is 18.8 Å². The van der Waals surface area contributed by atoms with Gasteiger partial charge in [0.15, 0.2) is 0 Å². The minimum Gasteiger partial charge on any atom is -0.394 e. The van der Waals surface area contributed by atoms with E-state index in [9.17, 15) is 19.5 Å². The fourth-order valence-corrected chi connectivity index (χ4v) is 7.45. The highest BCUT2D eigenvalue weighted by molar-refractivity contribution is 6.05. The van der Waals surface area contributed by atoms with Crippen molar-refractivity contribution in [2.24, 2.45) is 17.8 Å². The van der Waals surface area contributed by atoms with E-state index < -0.39 is 35.1 Å². The second kappa shape index (κ2) is 11.6. The number of likely N-dealkylation sites (N-methyl/N-ethyl adjacent to an activating group) is 1. The molecule has 3 amide bonds. The molecule has 3 unspecified atom stereocenters. The highest BCUT2D eigenvalue weighted by Gasteiger charge is 2.80. The van der Waals surface area contributed by atoms with Crippen LogP contribution in [-0.2, 0) is 19.1 Å². The Labute approximate surface area is 244 Å². The van der Waals surface area contributed by atoms with Gasteiger partial charge in [0.2, 0.25) is 11.8 Å². The molecule has 41 heavy (non-hydrogen) atoms. The number of amides is 3. The van der Waals surface area contributed by atoms with Crippen LogP contribution in [-0.4, -0.2) is 95.7 Å². The van der Waals surface area contributed by atoms with Gasteiger partial charge in [0.05, 0.1) is 30.1 Å². The van der Waals surface area contributed by atoms with Crippen LogP contribution in [0.15, 0.2) is 49.6 Å². The first kappa shape index (κ1) is 30.8. The van der Waals surface area contributed by atoms with Crippen LogP contribution < -0.4 is 9.80 Å². The maximum absolute atomic E-state index is 14.7. The molecular formula is C32H46N4O5. The van der Waals surface area contributed by atoms with Gasteiger partial charge in [0.1, 0.15) is 11.6 Å². The van der Waals surface area contributed by atoms with Gasteiger partial charge in [-0.1, -0.05) is 19.1 Å². The molecule has 0 aliphatic carbocycles. The van der Waals surface area contributed by atoms with Crippen molar-refractivity contribution in [1.29, 1.82) is 0 Å². The quantitative estimate of drug-likeness (QED) is 0.391. The summed E-state index contributed by atoms with van der Waals surface area (Å²) in [5.74, 6) is -2.47. The number of hydrogen-bond acceptors (Lipinski definition) is 6. The fourth-order valence-electron chi connectivity index (χ4n) is 7.45. The molecule has 3 heterocycles. The van der Waals surface area contributed by atoms with Gasteiger partial charge < -0.3 is 29.4 Å². The van der Waals surface area contributed by atoms with Crippen molar-refractivity contribution in [2.45, 2.75) is 64.3 Å². The third-order valence-corrected chi connectivity index (χ3v) is 9.64. The lowest BCUT2D eigenvalue weighted by molar-refractivity contribution is -0.152. The Morgan fingerprint density at radius 3 is 2.24 bits per heavy atom. The van der Waals surface area contributed by atoms with Crippen LogP contribution in [0.1, 0.15) is 41.0 Å². The highest BCUT2D eigenvalue weighted by atomic mass is 16.5. The number of anilines is 2. The number of aliphatic hydroxyl groups is 1. The maximum Gasteiger partial charge on any atom is 0.253 e. The number of benzene rings is 1. The summed E-state index contributed by atoms with van der Waals surface area (Å²) in [6, 6.07) is 6.16. The maximum atomic E-state index is 14.7. The lowest BCUT2D eigenvalue weighted by atomic mass is 9.62. The zero-order valence-electron chi connectivity index (χ0n) is 25.4. The van der Waals surface area contributed by atoms with Gasteiger partial charge in [-0.15, -0.1) is 13.2 Å². The van der Waals surface area contributed by atoms with Crippen LogP contribution in [0.5, 0.6) is 0 Å². The summed E-state index contributed by atoms with van der Waals surface area (Å²) in [7, 11) is 1.70. The number of fused-ring (bicyclic) bond motifs is 1. The molecule has 3 saturated heterocycles. The van der Waals surface area contributed by atoms with Gasteiger partial charge in [0.25, 0.3) is 5.91 Å². The molecule has 9 nitrogen and oxygen atoms in total. The molecule has 9 heteroatoms. The molecule has 0 radical (unpaired) electrons. The SMILES string of the molecule is C=CCN(C)C(=O)[C@H]1[C@H]2C(=O)N([C@H](C)CO)C(C(=O)N(CC=C)c3ccc(N(CC)CC)cc3)C23CC(C)[C@]1(C)O3. The Morgan fingerprint density at radius 2 is 1.71 bits per heavy atom. The van der Waals surface area contributed by atoms with Crippen molar-refractivity contribution in [3.05, 3.63) is 49.6 Å². The van der Waals surface area contributed by atoms with Crippen LogP contribution in [0.25, 0.3) is 0 Å². The summed E-state index contributed by atoms with van der Waals surface area (Å²) < 4.78 is 6.82. The molecule has 1 aromatic carbocycles. The van der Waals surface area contributed by atoms with E-state index in [1.807, 2.05) is 38.1 Å². The predicted molar refractivity (Wildman–Crippen MR) is 161 cm³/mol. The van der Waals surface area contributed by atoms with E-state index >= 15 is 0 Å². The molecule has 3 aliphatic heterocycles. The van der Waals surface area contributed by atoms with Crippen LogP contribution in [0, 0.1) is 17.8 Å². The average Bonchev–Trinajstić information content (AvgIpc) is 3.48. The first-order valence-corrected chi connectivity index (χ1v) is 14.7. The summed E-state index contributed by atoms with van der Waals surface area (Å²) >= 11 is 0. The topological polar surface area (TPSA) is 93.6 Å². The number of carbonyl (C=O) groups is 3. The Kier molecular flexibility index (Phi) is 8.71. The number of nitrogens with zero attached hydrogens (tertiary/aromatic N) is 4. The van der Waals surface area contributed by atoms with E-state index in [1.165, 1.54) is 4.90 Å². The summed E-state index contributed by atoms with van der Waals surface area (Å²) in [4.78, 5) is 49.7. The molecular weight excluding hydrogens is 520 g/mol. The van der Waals surface area contributed by atoms with Gasteiger partial charge in [-0.3, -0.25) is 14.4 Å². The second-order valence-corrected chi connectivity index (χ2v) is 11.9. The van der Waals surface area contributed by atoms with Crippen LogP contribution >= 0.6 is 0 Å². The normalized spacial score (nSPS) is 30.6. The third-order valence-electron chi connectivity index (χ3n) is 9.64. The fraction of sp³-hybridized carbons (Fsp3) is 0.594. The van der Waals surface area contributed by atoms with Crippen molar-refractivity contribution in [3.63, 3.8) is 0 Å². The average molecular weight is 567 g/mol. The molecule has 2 bridgehead atoms. The van der Waals surface area contributed by atoms with Crippen LogP contribution in [0.4, 0.5) is 11.4 Å². The number of carbonyl (C=O) groups excluding carboxylic acids is 3. The van der Waals surface area contributed by atoms with E-state index in [1.54, 1.807) is 35.9 Å². The van der Waals surface area contributed by atoms with Gasteiger partial charge in [-0.2, -0.15) is 0 Å². The molecule has 0 aromatic heterocycles. The molecule has 7 atom stereocenters. The Bertz CT molecular complexity index is 1180. The lowest BCUT2D eigenvalue weighted by Crippen LogP contribution is -2.58. The Hall–Kier alpha value is -3.17. The standard InChI is InChI=1S/C32H46N4O5/c1-9-17-33(8)28(38)25-26-29(39)36(22(6)20-37)27(32(26)19-21(5)31(25,7)41-32)30(40)35(18-10-2)24-15-13-23(14-16-24)34(11-3)12-4/h9-10,13-16,21-22,25-27,37H,1-2,11-12,17-20H2,3-8H3/t21?,22-,25-,26+,27?,31+,32?/m1/s1. The Balaban J connectivity index is 1.81. The van der Waals surface area contributed by atoms with Crippen LogP contribution in [0.2, 0.25) is 0 Å². The van der Waals surface area contributed by atoms with Crippen molar-refractivity contribution < 1.29 is 24.2 Å². The molecule has 1 N–H and O–H groups in total. The molecule has 3 fully saturated rings. The van der Waals surface area contributed by atoms with Gasteiger partial charge in [-0.05, 0) is 64.3 Å². The first-order valence-electron chi connectivity index (χ1n) is 14.7. The smallest absolute Gasteiger partial charge is 0.253 e. The molecule has 0 saturated carbocycles. The molecule has 3 aliphatic rings. The van der Waals surface area contributed by atoms with E-state index in [4.69, 9.17) is 4.74 Å².